The number of benzene rings is 2. The van der Waals surface area contributed by atoms with Gasteiger partial charge in [-0.05, 0) is 24.3 Å². The normalized spacial score (nSPS) is 10.7. The molecule has 3 rings (SSSR count). The van der Waals surface area contributed by atoms with E-state index in [0.29, 0.717) is 15.5 Å². The maximum absolute atomic E-state index is 12.4. The molecule has 0 atom stereocenters. The van der Waals surface area contributed by atoms with Crippen molar-refractivity contribution in [1.29, 1.82) is 0 Å². The SMILES string of the molecule is O=C(O)Oc1cccc2sc3ccccc3c(=O)c12. The smallest absolute Gasteiger partial charge is 0.449 e. The molecule has 4 nitrogen and oxygen atoms in total. The van der Waals surface area contributed by atoms with Crippen LogP contribution in [0.1, 0.15) is 0 Å². The summed E-state index contributed by atoms with van der Waals surface area (Å²) >= 11 is 1.43. The van der Waals surface area contributed by atoms with Crippen LogP contribution in [0, 0.1) is 0 Å². The van der Waals surface area contributed by atoms with E-state index in [-0.39, 0.29) is 11.2 Å². The lowest BCUT2D eigenvalue weighted by atomic mass is 10.1. The topological polar surface area (TPSA) is 63.6 Å². The Hall–Kier alpha value is -2.40. The van der Waals surface area contributed by atoms with Gasteiger partial charge in [0.25, 0.3) is 0 Å². The molecule has 0 aliphatic carbocycles. The third-order valence-electron chi connectivity index (χ3n) is 2.76. The van der Waals surface area contributed by atoms with Gasteiger partial charge in [0.2, 0.25) is 0 Å². The molecule has 0 amide bonds. The quantitative estimate of drug-likeness (QED) is 0.418. The zero-order valence-electron chi connectivity index (χ0n) is 9.62. The van der Waals surface area contributed by atoms with Gasteiger partial charge in [0, 0.05) is 14.8 Å². The molecule has 1 aromatic heterocycles. The summed E-state index contributed by atoms with van der Waals surface area (Å²) in [6.45, 7) is 0. The van der Waals surface area contributed by atoms with Crippen LogP contribution in [0.15, 0.2) is 47.3 Å². The Morgan fingerprint density at radius 3 is 2.58 bits per heavy atom. The summed E-state index contributed by atoms with van der Waals surface area (Å²) in [5.74, 6) is 0.0806. The van der Waals surface area contributed by atoms with E-state index in [4.69, 9.17) is 5.11 Å². The number of carboxylic acid groups (broad SMARTS) is 1. The van der Waals surface area contributed by atoms with Crippen molar-refractivity contribution in [2.24, 2.45) is 0 Å². The van der Waals surface area contributed by atoms with Crippen LogP contribution in [-0.4, -0.2) is 11.3 Å². The Kier molecular flexibility index (Phi) is 2.68. The minimum Gasteiger partial charge on any atom is -0.449 e. The number of hydrogen-bond donors (Lipinski definition) is 1. The molecule has 0 aliphatic heterocycles. The molecule has 0 spiro atoms. The van der Waals surface area contributed by atoms with E-state index >= 15 is 0 Å². The Bertz CT molecular complexity index is 851. The van der Waals surface area contributed by atoms with Gasteiger partial charge in [0.05, 0.1) is 5.39 Å². The molecule has 3 aromatic rings. The van der Waals surface area contributed by atoms with Gasteiger partial charge in [-0.2, -0.15) is 0 Å². The van der Waals surface area contributed by atoms with Crippen molar-refractivity contribution in [3.05, 3.63) is 52.7 Å². The van der Waals surface area contributed by atoms with Crippen LogP contribution in [0.5, 0.6) is 5.75 Å². The number of ether oxygens (including phenoxy) is 1. The van der Waals surface area contributed by atoms with Crippen molar-refractivity contribution in [1.82, 2.24) is 0 Å². The fourth-order valence-electron chi connectivity index (χ4n) is 2.00. The molecule has 0 saturated heterocycles. The van der Waals surface area contributed by atoms with Crippen LogP contribution in [0.2, 0.25) is 0 Å². The van der Waals surface area contributed by atoms with E-state index < -0.39 is 6.16 Å². The predicted molar refractivity (Wildman–Crippen MR) is 74.3 cm³/mol. The summed E-state index contributed by atoms with van der Waals surface area (Å²) in [5.41, 5.74) is -0.207. The molecule has 19 heavy (non-hydrogen) atoms. The van der Waals surface area contributed by atoms with E-state index in [0.717, 1.165) is 4.70 Å². The Morgan fingerprint density at radius 1 is 1.05 bits per heavy atom. The summed E-state index contributed by atoms with van der Waals surface area (Å²) in [6.07, 6.45) is -1.43. The largest absolute Gasteiger partial charge is 0.511 e. The third-order valence-corrected chi connectivity index (χ3v) is 3.90. The van der Waals surface area contributed by atoms with Gasteiger partial charge in [-0.3, -0.25) is 4.79 Å². The number of rotatable bonds is 1. The van der Waals surface area contributed by atoms with Gasteiger partial charge in [-0.15, -0.1) is 11.3 Å². The van der Waals surface area contributed by atoms with Crippen LogP contribution < -0.4 is 10.2 Å². The molecule has 1 N–H and O–H groups in total. The molecular formula is C14H8O4S. The minimum absolute atomic E-state index is 0.0806. The van der Waals surface area contributed by atoms with Crippen LogP contribution in [0.3, 0.4) is 0 Å². The molecular weight excluding hydrogens is 264 g/mol. The lowest BCUT2D eigenvalue weighted by Gasteiger charge is -2.05. The highest BCUT2D eigenvalue weighted by molar-refractivity contribution is 7.24. The number of fused-ring (bicyclic) bond motifs is 2. The molecule has 1 heterocycles. The fourth-order valence-corrected chi connectivity index (χ4v) is 3.09. The zero-order valence-corrected chi connectivity index (χ0v) is 10.4. The monoisotopic (exact) mass is 272 g/mol. The molecule has 0 aliphatic rings. The highest BCUT2D eigenvalue weighted by Crippen LogP contribution is 2.30. The zero-order chi connectivity index (χ0) is 13.4. The minimum atomic E-state index is -1.43. The highest BCUT2D eigenvalue weighted by atomic mass is 32.1. The second kappa shape index (κ2) is 4.37. The number of carbonyl (C=O) groups is 1. The van der Waals surface area contributed by atoms with E-state index in [2.05, 4.69) is 4.74 Å². The van der Waals surface area contributed by atoms with Crippen LogP contribution in [0.4, 0.5) is 4.79 Å². The standard InChI is InChI=1S/C14H8O4S/c15-13-8-4-1-2-6-10(8)19-11-7-3-5-9(12(11)13)18-14(16)17/h1-7H,(H,16,17). The van der Waals surface area contributed by atoms with Gasteiger partial charge in [0.15, 0.2) is 5.43 Å². The van der Waals surface area contributed by atoms with Gasteiger partial charge < -0.3 is 9.84 Å². The maximum atomic E-state index is 12.4. The van der Waals surface area contributed by atoms with E-state index in [1.807, 2.05) is 12.1 Å². The van der Waals surface area contributed by atoms with Gasteiger partial charge in [0.1, 0.15) is 5.75 Å². The van der Waals surface area contributed by atoms with Crippen LogP contribution in [-0.2, 0) is 0 Å². The summed E-state index contributed by atoms with van der Waals surface area (Å²) in [6, 6.07) is 12.2. The fraction of sp³-hybridized carbons (Fsp3) is 0. The van der Waals surface area contributed by atoms with Crippen LogP contribution >= 0.6 is 11.3 Å². The molecule has 94 valence electrons. The molecule has 0 radical (unpaired) electrons. The lowest BCUT2D eigenvalue weighted by molar-refractivity contribution is 0.145. The molecule has 0 bridgehead atoms. The first kappa shape index (κ1) is 11.7. The first-order valence-electron chi connectivity index (χ1n) is 5.52. The van der Waals surface area contributed by atoms with Crippen molar-refractivity contribution < 1.29 is 14.6 Å². The maximum Gasteiger partial charge on any atom is 0.511 e. The first-order valence-corrected chi connectivity index (χ1v) is 6.34. The number of hydrogen-bond acceptors (Lipinski definition) is 4. The van der Waals surface area contributed by atoms with Crippen molar-refractivity contribution in [2.75, 3.05) is 0 Å². The highest BCUT2D eigenvalue weighted by Gasteiger charge is 2.12. The van der Waals surface area contributed by atoms with Crippen molar-refractivity contribution >= 4 is 37.7 Å². The Morgan fingerprint density at radius 2 is 1.79 bits per heavy atom. The van der Waals surface area contributed by atoms with Crippen LogP contribution in [0.25, 0.3) is 20.2 Å². The predicted octanol–water partition coefficient (Wildman–Crippen LogP) is 3.47. The summed E-state index contributed by atoms with van der Waals surface area (Å²) in [5, 5.41) is 9.59. The molecule has 5 heteroatoms. The lowest BCUT2D eigenvalue weighted by Crippen LogP contribution is -2.08. The van der Waals surface area contributed by atoms with E-state index in [1.165, 1.54) is 17.4 Å². The van der Waals surface area contributed by atoms with Crippen molar-refractivity contribution in [2.45, 2.75) is 0 Å². The molecule has 2 aromatic carbocycles. The Labute approximate surface area is 111 Å². The van der Waals surface area contributed by atoms with Gasteiger partial charge in [-0.25, -0.2) is 4.79 Å². The molecule has 0 fully saturated rings. The second-order valence-corrected chi connectivity index (χ2v) is 5.01. The second-order valence-electron chi connectivity index (χ2n) is 3.92. The summed E-state index contributed by atoms with van der Waals surface area (Å²) in [4.78, 5) is 23.1. The summed E-state index contributed by atoms with van der Waals surface area (Å²) < 4.78 is 6.26. The molecule has 0 unspecified atom stereocenters. The van der Waals surface area contributed by atoms with Crippen molar-refractivity contribution in [3.8, 4) is 5.75 Å². The first-order chi connectivity index (χ1) is 9.16. The van der Waals surface area contributed by atoms with E-state index in [9.17, 15) is 9.59 Å². The summed E-state index contributed by atoms with van der Waals surface area (Å²) in [7, 11) is 0. The average Bonchev–Trinajstić information content (AvgIpc) is 2.38. The average molecular weight is 272 g/mol. The third kappa shape index (κ3) is 1.94. The van der Waals surface area contributed by atoms with Gasteiger partial charge in [-0.1, -0.05) is 18.2 Å². The van der Waals surface area contributed by atoms with Crippen molar-refractivity contribution in [3.63, 3.8) is 0 Å². The van der Waals surface area contributed by atoms with Gasteiger partial charge >= 0.3 is 6.16 Å². The molecule has 0 saturated carbocycles. The Balaban J connectivity index is 2.45. The van der Waals surface area contributed by atoms with E-state index in [1.54, 1.807) is 24.3 Å².